The van der Waals surface area contributed by atoms with Crippen molar-refractivity contribution in [1.29, 1.82) is 0 Å². The molecule has 1 aromatic heterocycles. The Morgan fingerprint density at radius 1 is 0.953 bits per heavy atom. The minimum atomic E-state index is -1.91. The molecule has 10 atom stereocenters. The molecule has 15 nitrogen and oxygen atoms in total. The number of carbonyl (C=O) groups excluding carboxylic acids is 2. The third-order valence-electron chi connectivity index (χ3n) is 13.5. The second-order valence-corrected chi connectivity index (χ2v) is 18.0. The van der Waals surface area contributed by atoms with E-state index < -0.39 is 82.7 Å². The summed E-state index contributed by atoms with van der Waals surface area (Å²) in [7, 11) is 1.47. The van der Waals surface area contributed by atoms with Crippen LogP contribution in [-0.2, 0) is 23.8 Å². The molecule has 1 fully saturated rings. The van der Waals surface area contributed by atoms with Crippen molar-refractivity contribution in [2.24, 2.45) is 23.7 Å². The van der Waals surface area contributed by atoms with Gasteiger partial charge in [0.2, 0.25) is 0 Å². The van der Waals surface area contributed by atoms with Crippen LogP contribution in [0.4, 0.5) is 5.69 Å². The highest BCUT2D eigenvalue weighted by Gasteiger charge is 2.44. The number of hydrogen-bond acceptors (Lipinski definition) is 14. The zero-order valence-corrected chi connectivity index (χ0v) is 38.0. The maximum Gasteiger partial charge on any atom is 0.307 e. The Labute approximate surface area is 372 Å². The minimum Gasteiger partial charge on any atom is -0.505 e. The number of aliphatic hydroxyl groups is 3. The van der Waals surface area contributed by atoms with E-state index in [4.69, 9.17) is 28.3 Å². The molecule has 1 saturated heterocycles. The third kappa shape index (κ3) is 8.58. The van der Waals surface area contributed by atoms with Crippen LogP contribution >= 0.6 is 0 Å². The van der Waals surface area contributed by atoms with Gasteiger partial charge in [-0.05, 0) is 58.0 Å². The summed E-state index contributed by atoms with van der Waals surface area (Å²) in [6.07, 6.45) is 14.2. The summed E-state index contributed by atoms with van der Waals surface area (Å²) in [6.45, 7) is 14.6. The molecule has 0 spiro atoms. The summed E-state index contributed by atoms with van der Waals surface area (Å²) >= 11 is 0. The van der Waals surface area contributed by atoms with Gasteiger partial charge in [-0.25, -0.2) is 4.98 Å². The van der Waals surface area contributed by atoms with Crippen LogP contribution in [0.3, 0.4) is 0 Å². The van der Waals surface area contributed by atoms with Crippen molar-refractivity contribution in [3.63, 3.8) is 0 Å². The largest absolute Gasteiger partial charge is 0.505 e. The Morgan fingerprint density at radius 3 is 2.33 bits per heavy atom. The molecular weight excluding hydrogens is 823 g/mol. The molecule has 0 saturated carbocycles. The number of allylic oxidation sites excluding steroid dienone is 2. The number of fused-ring (bicyclic) bond motifs is 2. The first-order chi connectivity index (χ1) is 30.4. The number of aromatic nitrogens is 1. The highest BCUT2D eigenvalue weighted by molar-refractivity contribution is 6.18. The van der Waals surface area contributed by atoms with Gasteiger partial charge in [0.05, 0.1) is 41.2 Å². The number of nitrogens with one attached hydrogen (secondary N) is 1. The van der Waals surface area contributed by atoms with Gasteiger partial charge in [-0.1, -0.05) is 64.8 Å². The minimum absolute atomic E-state index is 0.00209. The van der Waals surface area contributed by atoms with Crippen LogP contribution in [0.2, 0.25) is 0 Å². The van der Waals surface area contributed by atoms with E-state index in [1.807, 2.05) is 18.2 Å². The lowest BCUT2D eigenvalue weighted by Crippen LogP contribution is -2.46. The van der Waals surface area contributed by atoms with Crippen LogP contribution in [0.25, 0.3) is 39.8 Å². The van der Waals surface area contributed by atoms with Crippen LogP contribution in [0.15, 0.2) is 51.4 Å². The second kappa shape index (κ2) is 18.6. The van der Waals surface area contributed by atoms with Crippen LogP contribution in [0.1, 0.15) is 85.4 Å². The van der Waals surface area contributed by atoms with Crippen molar-refractivity contribution >= 4 is 57.3 Å². The number of aromatic hydroxyl groups is 1. The number of likely N-dealkylation sites (tertiary alicyclic amines) is 1. The number of ether oxygens (including phenoxy) is 4. The topological polar surface area (TPSA) is 210 Å². The molecule has 2 aromatic carbocycles. The average Bonchev–Trinajstić information content (AvgIpc) is 3.41. The standard InChI is InChI=1S/C49H61N3O12/c1-24-15-14-16-25(2)48(59)51-39-43(57)36-35(38-46(39)63-34-23-31(17-18-32(34)50-38)52-20-12-10-11-13-21-52)37-45(29(6)42(36)56)64-49(8,47(37)58)61-22-19-33(60-9)26(3)44(62-30(7)53)28(5)41(55)27(4)40(24)54/h14-19,22-24,26-28,31,33,40-41,44,54-55,57-58H,10-13,20-21H2,1-9H3,(H,51,59)/b15-14+,22-19+,25-16-/t24-,26+,27+,28+,31?,33-,40-,41+,44+,49-/m0/s1. The molecular formula is C49H61N3O12. The Balaban J connectivity index is 1.46. The summed E-state index contributed by atoms with van der Waals surface area (Å²) in [5.74, 6) is -6.55. The maximum atomic E-state index is 14.4. The molecule has 4 aliphatic rings. The number of rotatable bonds is 3. The Morgan fingerprint density at radius 2 is 1.66 bits per heavy atom. The zero-order chi connectivity index (χ0) is 46.4. The van der Waals surface area contributed by atoms with Gasteiger partial charge in [-0.15, -0.1) is 0 Å². The molecule has 3 aromatic rings. The number of phenolic OH excluding ortho intramolecular Hbond substituents is 1. The fourth-order valence-electron chi connectivity index (χ4n) is 9.50. The average molecular weight is 884 g/mol. The molecule has 4 heterocycles. The van der Waals surface area contributed by atoms with Crippen LogP contribution in [-0.4, -0.2) is 98.6 Å². The molecule has 7 rings (SSSR count). The van der Waals surface area contributed by atoms with Gasteiger partial charge in [-0.2, -0.15) is 0 Å². The fourth-order valence-corrected chi connectivity index (χ4v) is 9.50. The summed E-state index contributed by atoms with van der Waals surface area (Å²) in [6, 6.07) is -0.0905. The van der Waals surface area contributed by atoms with E-state index in [0.717, 1.165) is 38.8 Å². The van der Waals surface area contributed by atoms with E-state index in [1.54, 1.807) is 58.9 Å². The first kappa shape index (κ1) is 46.5. The number of amides is 1. The fraction of sp³-hybridized carbons (Fsp3) is 0.510. The lowest BCUT2D eigenvalue weighted by Gasteiger charge is -2.38. The van der Waals surface area contributed by atoms with Gasteiger partial charge >= 0.3 is 11.8 Å². The lowest BCUT2D eigenvalue weighted by atomic mass is 9.78. The van der Waals surface area contributed by atoms with Crippen molar-refractivity contribution in [2.45, 2.75) is 117 Å². The number of hydrogen-bond donors (Lipinski definition) is 5. The van der Waals surface area contributed by atoms with Crippen LogP contribution in [0.5, 0.6) is 11.5 Å². The lowest BCUT2D eigenvalue weighted by molar-refractivity contribution is -0.160. The number of methoxy groups -OCH3 is 1. The van der Waals surface area contributed by atoms with Gasteiger partial charge in [-0.3, -0.25) is 19.3 Å². The number of phenols is 1. The Kier molecular flexibility index (Phi) is 13.5. The van der Waals surface area contributed by atoms with Crippen LogP contribution < -0.4 is 26.1 Å². The van der Waals surface area contributed by atoms with Gasteiger partial charge in [0.1, 0.15) is 28.8 Å². The SMILES string of the molecule is CO[C@H]1/C=C/O[C@@]2(C)Oc3c(C)c(=O)c4c(O)c(c5oc6c(nc5c4c3=C2O)C=CC(N2CCCCCC2)C=6)NC(=O)/C(C)=C\C=C\[C@H](C)[C@H](O)[C@@H](C)[C@@H](O)[C@@H](C)[C@H](OC(C)=O)[C@@H]1C. The monoisotopic (exact) mass is 883 g/mol. The van der Waals surface area contributed by atoms with Crippen molar-refractivity contribution in [3.8, 4) is 11.5 Å². The highest BCUT2D eigenvalue weighted by atomic mass is 16.7. The number of esters is 1. The summed E-state index contributed by atoms with van der Waals surface area (Å²) < 4.78 is 30.7. The van der Waals surface area contributed by atoms with Gasteiger partial charge in [0.15, 0.2) is 27.9 Å². The molecule has 344 valence electrons. The number of nitrogens with zero attached hydrogens (tertiary/aromatic N) is 2. The van der Waals surface area contributed by atoms with Gasteiger partial charge in [0.25, 0.3) is 5.91 Å². The molecule has 15 heteroatoms. The predicted octanol–water partition coefficient (Wildman–Crippen LogP) is 5.38. The quantitative estimate of drug-likeness (QED) is 0.127. The number of anilines is 1. The molecule has 1 aliphatic carbocycles. The van der Waals surface area contributed by atoms with Gasteiger partial charge in [0, 0.05) is 61.2 Å². The van der Waals surface area contributed by atoms with E-state index >= 15 is 0 Å². The van der Waals surface area contributed by atoms with Crippen molar-refractivity contribution in [2.75, 3.05) is 25.5 Å². The first-order valence-electron chi connectivity index (χ1n) is 22.2. The van der Waals surface area contributed by atoms with Gasteiger partial charge < -0.3 is 49.1 Å². The molecule has 64 heavy (non-hydrogen) atoms. The highest BCUT2D eigenvalue weighted by Crippen LogP contribution is 2.42. The van der Waals surface area contributed by atoms with E-state index in [-0.39, 0.29) is 55.7 Å². The number of aliphatic hydroxyl groups excluding tert-OH is 3. The molecule has 0 radical (unpaired) electrons. The smallest absolute Gasteiger partial charge is 0.307 e. The molecule has 1 amide bonds. The van der Waals surface area contributed by atoms with E-state index in [1.165, 1.54) is 34.1 Å². The summed E-state index contributed by atoms with van der Waals surface area (Å²) in [5.41, 5.74) is 0.316. The molecule has 5 N–H and O–H groups in total. The third-order valence-corrected chi connectivity index (χ3v) is 13.5. The molecule has 3 aliphatic heterocycles. The van der Waals surface area contributed by atoms with Crippen molar-refractivity contribution < 1.29 is 53.4 Å². The van der Waals surface area contributed by atoms with Crippen molar-refractivity contribution in [1.82, 2.24) is 9.88 Å². The zero-order valence-electron chi connectivity index (χ0n) is 38.0. The first-order valence-corrected chi connectivity index (χ1v) is 22.2. The van der Waals surface area contributed by atoms with E-state index in [0.29, 0.717) is 11.1 Å². The summed E-state index contributed by atoms with van der Waals surface area (Å²) in [4.78, 5) is 48.2. The number of carbonyl (C=O) groups is 2. The molecule has 1 unspecified atom stereocenters. The van der Waals surface area contributed by atoms with E-state index in [2.05, 4.69) is 10.2 Å². The van der Waals surface area contributed by atoms with Crippen molar-refractivity contribution in [3.05, 3.63) is 74.3 Å². The predicted molar refractivity (Wildman–Crippen MR) is 243 cm³/mol. The maximum absolute atomic E-state index is 14.4. The Hall–Kier alpha value is -5.48. The van der Waals surface area contributed by atoms with Crippen LogP contribution in [0, 0.1) is 30.6 Å². The normalized spacial score (nSPS) is 32.4. The van der Waals surface area contributed by atoms with E-state index in [9.17, 15) is 34.8 Å². The molecule has 4 bridgehead atoms. The summed E-state index contributed by atoms with van der Waals surface area (Å²) in [5, 5.41) is 50.0. The Bertz CT molecular complexity index is 2640. The second-order valence-electron chi connectivity index (χ2n) is 18.0. The number of benzene rings is 2.